The second kappa shape index (κ2) is 7.52. The predicted octanol–water partition coefficient (Wildman–Crippen LogP) is -0.520. The van der Waals surface area contributed by atoms with Crippen molar-refractivity contribution in [3.05, 3.63) is 0 Å². The third kappa shape index (κ3) is 4.37. The zero-order chi connectivity index (χ0) is 13.6. The van der Waals surface area contributed by atoms with E-state index in [0.717, 1.165) is 32.2 Å². The number of ether oxygens (including phenoxy) is 4. The first kappa shape index (κ1) is 15.2. The van der Waals surface area contributed by atoms with Gasteiger partial charge in [0.2, 0.25) is 0 Å². The average molecular weight is 275 g/mol. The number of hydrogen-bond donors (Lipinski definition) is 2. The summed E-state index contributed by atoms with van der Waals surface area (Å²) in [5.74, 6) is 0. The topological polar surface area (TPSA) is 90.6 Å². The average Bonchev–Trinajstić information content (AvgIpc) is 2.46. The van der Waals surface area contributed by atoms with Crippen LogP contribution in [0.4, 0.5) is 0 Å². The summed E-state index contributed by atoms with van der Waals surface area (Å²) in [6.45, 7) is 4.18. The first-order valence-electron chi connectivity index (χ1n) is 7.24. The first-order chi connectivity index (χ1) is 9.28. The number of quaternary nitrogens is 1. The molecule has 19 heavy (non-hydrogen) atoms. The van der Waals surface area contributed by atoms with Crippen molar-refractivity contribution in [2.75, 3.05) is 39.5 Å². The standard InChI is InChI=1S/C13H26N2O4/c14-5-1-3-11-16-7-13(8-17-11)9-18-12(19-10-13)4-2-6-15/h11-12H,1-10,14-15H2/p+1. The summed E-state index contributed by atoms with van der Waals surface area (Å²) in [4.78, 5) is 0. The largest absolute Gasteiger partial charge is 0.358 e. The maximum absolute atomic E-state index is 5.76. The van der Waals surface area contributed by atoms with E-state index in [2.05, 4.69) is 5.73 Å². The Hall–Kier alpha value is -0.240. The van der Waals surface area contributed by atoms with Crippen LogP contribution in [0.3, 0.4) is 0 Å². The Balaban J connectivity index is 1.69. The normalized spacial score (nSPS) is 35.7. The van der Waals surface area contributed by atoms with Crippen LogP contribution < -0.4 is 11.5 Å². The minimum Gasteiger partial charge on any atom is -0.358 e. The fourth-order valence-corrected chi connectivity index (χ4v) is 2.35. The van der Waals surface area contributed by atoms with Gasteiger partial charge in [-0.1, -0.05) is 0 Å². The van der Waals surface area contributed by atoms with Crippen LogP contribution in [0, 0.1) is 5.41 Å². The Bertz CT molecular complexity index is 220. The van der Waals surface area contributed by atoms with E-state index in [-0.39, 0.29) is 18.0 Å². The lowest BCUT2D eigenvalue weighted by Crippen LogP contribution is -2.53. The predicted molar refractivity (Wildman–Crippen MR) is 69.1 cm³/mol. The molecule has 6 nitrogen and oxygen atoms in total. The molecule has 0 amide bonds. The Morgan fingerprint density at radius 3 is 1.79 bits per heavy atom. The van der Waals surface area contributed by atoms with E-state index in [0.29, 0.717) is 33.0 Å². The lowest BCUT2D eigenvalue weighted by atomic mass is 9.90. The quantitative estimate of drug-likeness (QED) is 0.680. The minimum atomic E-state index is -0.125. The highest BCUT2D eigenvalue weighted by atomic mass is 16.7. The van der Waals surface area contributed by atoms with E-state index in [9.17, 15) is 0 Å². The lowest BCUT2D eigenvalue weighted by molar-refractivity contribution is -0.371. The summed E-state index contributed by atoms with van der Waals surface area (Å²) in [7, 11) is 0. The molecule has 0 bridgehead atoms. The fraction of sp³-hybridized carbons (Fsp3) is 1.00. The maximum Gasteiger partial charge on any atom is 0.157 e. The molecule has 0 aromatic rings. The molecule has 1 spiro atoms. The molecule has 0 saturated carbocycles. The van der Waals surface area contributed by atoms with Gasteiger partial charge < -0.3 is 30.4 Å². The van der Waals surface area contributed by atoms with Gasteiger partial charge in [-0.15, -0.1) is 0 Å². The van der Waals surface area contributed by atoms with Crippen molar-refractivity contribution in [3.8, 4) is 0 Å². The molecular weight excluding hydrogens is 248 g/mol. The summed E-state index contributed by atoms with van der Waals surface area (Å²) >= 11 is 0. The van der Waals surface area contributed by atoms with Crippen LogP contribution in [-0.4, -0.2) is 52.1 Å². The first-order valence-corrected chi connectivity index (χ1v) is 7.24. The van der Waals surface area contributed by atoms with Crippen LogP contribution in [0.2, 0.25) is 0 Å². The van der Waals surface area contributed by atoms with Crippen LogP contribution >= 0.6 is 0 Å². The van der Waals surface area contributed by atoms with Crippen molar-refractivity contribution in [3.63, 3.8) is 0 Å². The third-order valence-corrected chi connectivity index (χ3v) is 3.64. The maximum atomic E-state index is 5.76. The van der Waals surface area contributed by atoms with Crippen molar-refractivity contribution in [2.24, 2.45) is 11.1 Å². The van der Waals surface area contributed by atoms with Crippen molar-refractivity contribution >= 4 is 0 Å². The Kier molecular flexibility index (Phi) is 6.00. The van der Waals surface area contributed by atoms with Crippen LogP contribution in [0.5, 0.6) is 0 Å². The van der Waals surface area contributed by atoms with Gasteiger partial charge in [-0.05, 0) is 19.4 Å². The highest BCUT2D eigenvalue weighted by Gasteiger charge is 2.41. The molecule has 2 fully saturated rings. The fourth-order valence-electron chi connectivity index (χ4n) is 2.35. The highest BCUT2D eigenvalue weighted by Crippen LogP contribution is 2.31. The molecule has 112 valence electrons. The molecule has 2 rings (SSSR count). The monoisotopic (exact) mass is 275 g/mol. The summed E-state index contributed by atoms with van der Waals surface area (Å²) in [6, 6.07) is 0. The van der Waals surface area contributed by atoms with E-state index >= 15 is 0 Å². The highest BCUT2D eigenvalue weighted by molar-refractivity contribution is 4.84. The third-order valence-electron chi connectivity index (χ3n) is 3.64. The van der Waals surface area contributed by atoms with Gasteiger partial charge in [-0.3, -0.25) is 0 Å². The van der Waals surface area contributed by atoms with Crippen LogP contribution in [0.1, 0.15) is 25.7 Å². The molecule has 0 aromatic heterocycles. The van der Waals surface area contributed by atoms with Gasteiger partial charge >= 0.3 is 0 Å². The summed E-state index contributed by atoms with van der Waals surface area (Å²) in [5, 5.41) is 0. The molecule has 0 unspecified atom stereocenters. The number of hydrogen-bond acceptors (Lipinski definition) is 5. The molecule has 2 aliphatic rings. The van der Waals surface area contributed by atoms with Gasteiger partial charge in [0.1, 0.15) is 0 Å². The van der Waals surface area contributed by atoms with Gasteiger partial charge in [0.05, 0.1) is 38.4 Å². The Morgan fingerprint density at radius 2 is 1.37 bits per heavy atom. The minimum absolute atomic E-state index is 0.0812. The van der Waals surface area contributed by atoms with Crippen molar-refractivity contribution in [1.82, 2.24) is 0 Å². The molecule has 5 N–H and O–H groups in total. The summed E-state index contributed by atoms with van der Waals surface area (Å²) < 4.78 is 23.0. The second-order valence-electron chi connectivity index (χ2n) is 5.53. The van der Waals surface area contributed by atoms with Gasteiger partial charge in [-0.25, -0.2) is 0 Å². The van der Waals surface area contributed by atoms with E-state index in [1.54, 1.807) is 0 Å². The van der Waals surface area contributed by atoms with Crippen LogP contribution in [0.25, 0.3) is 0 Å². The summed E-state index contributed by atoms with van der Waals surface area (Å²) in [6.07, 6.45) is 3.55. The van der Waals surface area contributed by atoms with Crippen LogP contribution in [-0.2, 0) is 18.9 Å². The van der Waals surface area contributed by atoms with Crippen molar-refractivity contribution < 1.29 is 24.7 Å². The zero-order valence-electron chi connectivity index (χ0n) is 11.6. The molecule has 2 aliphatic heterocycles. The van der Waals surface area contributed by atoms with E-state index in [1.807, 2.05) is 0 Å². The zero-order valence-corrected chi connectivity index (χ0v) is 11.6. The van der Waals surface area contributed by atoms with E-state index in [1.165, 1.54) is 0 Å². The molecule has 0 aromatic carbocycles. The van der Waals surface area contributed by atoms with Crippen molar-refractivity contribution in [1.29, 1.82) is 0 Å². The van der Waals surface area contributed by atoms with Gasteiger partial charge in [0.25, 0.3) is 0 Å². The molecule has 2 saturated heterocycles. The van der Waals surface area contributed by atoms with Crippen molar-refractivity contribution in [2.45, 2.75) is 38.3 Å². The molecule has 0 radical (unpaired) electrons. The summed E-state index contributed by atoms with van der Waals surface area (Å²) in [5.41, 5.74) is 9.18. The molecular formula is C13H27N2O4+. The SMILES string of the molecule is NCCCC1OCC2(CO1)COC(CCC[NH3+])OC2. The molecule has 2 heterocycles. The van der Waals surface area contributed by atoms with E-state index < -0.39 is 0 Å². The smallest absolute Gasteiger partial charge is 0.157 e. The van der Waals surface area contributed by atoms with Crippen LogP contribution in [0.15, 0.2) is 0 Å². The lowest BCUT2D eigenvalue weighted by Gasteiger charge is -2.43. The number of nitrogens with two attached hydrogens (primary N) is 1. The van der Waals surface area contributed by atoms with E-state index in [4.69, 9.17) is 24.7 Å². The number of rotatable bonds is 6. The molecule has 6 heteroatoms. The van der Waals surface area contributed by atoms with Gasteiger partial charge in [-0.2, -0.15) is 0 Å². The van der Waals surface area contributed by atoms with Gasteiger partial charge in [0, 0.05) is 12.8 Å². The Morgan fingerprint density at radius 1 is 0.895 bits per heavy atom. The Labute approximate surface area is 114 Å². The second-order valence-corrected chi connectivity index (χ2v) is 5.53. The van der Waals surface area contributed by atoms with Gasteiger partial charge in [0.15, 0.2) is 12.6 Å². The molecule has 0 atom stereocenters. The molecule has 0 aliphatic carbocycles.